The Balaban J connectivity index is 1.70. The van der Waals surface area contributed by atoms with E-state index < -0.39 is 11.6 Å². The Morgan fingerprint density at radius 2 is 1.93 bits per heavy atom. The number of ether oxygens (including phenoxy) is 2. The number of hydrogen-bond acceptors (Lipinski definition) is 5. The largest absolute Gasteiger partial charge is 0.480 e. The molecule has 0 aliphatic carbocycles. The second kappa shape index (κ2) is 7.21. The minimum atomic E-state index is -0.997. The molecule has 1 N–H and O–H groups in total. The third-order valence-corrected chi connectivity index (χ3v) is 5.26. The van der Waals surface area contributed by atoms with Crippen LogP contribution in [-0.2, 0) is 15.0 Å². The van der Waals surface area contributed by atoms with Crippen LogP contribution < -0.4 is 0 Å². The van der Waals surface area contributed by atoms with Crippen LogP contribution in [0.2, 0.25) is 0 Å². The van der Waals surface area contributed by atoms with Crippen molar-refractivity contribution in [3.8, 4) is 0 Å². The van der Waals surface area contributed by atoms with Gasteiger partial charge in [-0.25, -0.2) is 9.38 Å². The normalized spacial score (nSPS) is 26.8. The smallest absolute Gasteiger partial charge is 0.192 e. The molecule has 0 radical (unpaired) electrons. The minimum Gasteiger partial charge on any atom is -0.480 e. The van der Waals surface area contributed by atoms with Crippen molar-refractivity contribution in [3.05, 3.63) is 71.5 Å². The van der Waals surface area contributed by atoms with Gasteiger partial charge in [-0.1, -0.05) is 48.5 Å². The number of hydrogen-bond donors (Lipinski definition) is 1. The molecular formula is C21H20FNO4. The zero-order valence-corrected chi connectivity index (χ0v) is 14.7. The van der Waals surface area contributed by atoms with E-state index in [1.807, 2.05) is 6.07 Å². The first-order chi connectivity index (χ1) is 13.1. The molecule has 140 valence electrons. The van der Waals surface area contributed by atoms with Crippen LogP contribution in [0.5, 0.6) is 0 Å². The third-order valence-electron chi connectivity index (χ3n) is 5.26. The zero-order chi connectivity index (χ0) is 18.9. The maximum Gasteiger partial charge on any atom is 0.192 e. The molecular weight excluding hydrogens is 349 g/mol. The summed E-state index contributed by atoms with van der Waals surface area (Å²) in [4.78, 5) is 17.2. The highest BCUT2D eigenvalue weighted by molar-refractivity contribution is 6.07. The molecule has 0 amide bonds. The number of carbonyl (C=O) groups is 1. The average molecular weight is 369 g/mol. The second-order valence-electron chi connectivity index (χ2n) is 6.83. The van der Waals surface area contributed by atoms with Crippen molar-refractivity contribution in [2.24, 2.45) is 10.9 Å². The quantitative estimate of drug-likeness (QED) is 0.823. The van der Waals surface area contributed by atoms with E-state index in [1.165, 1.54) is 6.07 Å². The van der Waals surface area contributed by atoms with E-state index >= 15 is 0 Å². The van der Waals surface area contributed by atoms with Crippen LogP contribution in [0.3, 0.4) is 0 Å². The molecule has 2 heterocycles. The average Bonchev–Trinajstić information content (AvgIpc) is 3.07. The number of ketones is 1. The standard InChI is InChI=1S/C21H20FNO4/c22-17-9-5-4-8-15(17)21-13-27-19(11-24)16(21)12-26-20(23-21)10-18(25)14-6-2-1-3-7-14/h1-9,16,19,24H,10-13H2/t16-,19?,21-/m1/s1. The first-order valence-electron chi connectivity index (χ1n) is 8.91. The molecule has 2 aromatic carbocycles. The summed E-state index contributed by atoms with van der Waals surface area (Å²) < 4.78 is 26.0. The first-order valence-corrected chi connectivity index (χ1v) is 8.91. The summed E-state index contributed by atoms with van der Waals surface area (Å²) in [6.45, 7) is 0.148. The molecule has 2 aromatic rings. The van der Waals surface area contributed by atoms with Crippen LogP contribution in [0.4, 0.5) is 4.39 Å². The van der Waals surface area contributed by atoms with Crippen molar-refractivity contribution < 1.29 is 23.8 Å². The molecule has 27 heavy (non-hydrogen) atoms. The molecule has 0 aromatic heterocycles. The number of Topliss-reactive ketones (excluding diaryl/α,β-unsaturated/α-hetero) is 1. The second-order valence-corrected chi connectivity index (χ2v) is 6.83. The van der Waals surface area contributed by atoms with Gasteiger partial charge in [0, 0.05) is 11.1 Å². The fourth-order valence-electron chi connectivity index (χ4n) is 3.85. The van der Waals surface area contributed by atoms with Crippen LogP contribution in [0.25, 0.3) is 0 Å². The van der Waals surface area contributed by atoms with E-state index in [4.69, 9.17) is 9.47 Å². The maximum absolute atomic E-state index is 14.6. The number of nitrogens with zero attached hydrogens (tertiary/aromatic N) is 1. The highest BCUT2D eigenvalue weighted by atomic mass is 19.1. The molecule has 0 saturated carbocycles. The van der Waals surface area contributed by atoms with Gasteiger partial charge in [0.05, 0.1) is 38.3 Å². The highest BCUT2D eigenvalue weighted by Crippen LogP contribution is 2.46. The number of halogens is 1. The fraction of sp³-hybridized carbons (Fsp3) is 0.333. The predicted molar refractivity (Wildman–Crippen MR) is 97.2 cm³/mol. The first kappa shape index (κ1) is 17.8. The Hall–Kier alpha value is -2.57. The SMILES string of the molecule is O=C(CC1=N[C@@]2(c3ccccc3F)COC(CO)[C@H]2CO1)c1ccccc1. The lowest BCUT2D eigenvalue weighted by Gasteiger charge is -2.36. The van der Waals surface area contributed by atoms with Crippen molar-refractivity contribution in [1.29, 1.82) is 0 Å². The van der Waals surface area contributed by atoms with E-state index in [1.54, 1.807) is 42.5 Å². The molecule has 1 unspecified atom stereocenters. The number of aliphatic hydroxyl groups is 1. The number of rotatable bonds is 5. The summed E-state index contributed by atoms with van der Waals surface area (Å²) in [6, 6.07) is 15.3. The number of fused-ring (bicyclic) bond motifs is 1. The van der Waals surface area contributed by atoms with Gasteiger partial charge in [-0.3, -0.25) is 4.79 Å². The molecule has 6 heteroatoms. The topological polar surface area (TPSA) is 68.1 Å². The van der Waals surface area contributed by atoms with Gasteiger partial charge in [0.25, 0.3) is 0 Å². The molecule has 1 fully saturated rings. The number of carbonyl (C=O) groups excluding carboxylic acids is 1. The summed E-state index contributed by atoms with van der Waals surface area (Å²) in [5, 5.41) is 9.62. The van der Waals surface area contributed by atoms with Gasteiger partial charge in [0.2, 0.25) is 0 Å². The van der Waals surface area contributed by atoms with Crippen molar-refractivity contribution >= 4 is 11.7 Å². The summed E-state index contributed by atoms with van der Waals surface area (Å²) in [7, 11) is 0. The number of benzene rings is 2. The summed E-state index contributed by atoms with van der Waals surface area (Å²) in [6.07, 6.45) is -0.490. The van der Waals surface area contributed by atoms with Gasteiger partial charge in [-0.05, 0) is 6.07 Å². The van der Waals surface area contributed by atoms with Crippen LogP contribution in [0.1, 0.15) is 22.3 Å². The van der Waals surface area contributed by atoms with Gasteiger partial charge in [-0.15, -0.1) is 0 Å². The Bertz CT molecular complexity index is 869. The van der Waals surface area contributed by atoms with Gasteiger partial charge < -0.3 is 14.6 Å². The van der Waals surface area contributed by atoms with Crippen LogP contribution in [0, 0.1) is 11.7 Å². The molecule has 2 aliphatic rings. The molecule has 0 spiro atoms. The minimum absolute atomic E-state index is 0.00325. The predicted octanol–water partition coefficient (Wildman–Crippen LogP) is 2.73. The highest BCUT2D eigenvalue weighted by Gasteiger charge is 2.54. The lowest BCUT2D eigenvalue weighted by molar-refractivity contribution is 0.0267. The van der Waals surface area contributed by atoms with E-state index in [0.29, 0.717) is 11.1 Å². The maximum atomic E-state index is 14.6. The van der Waals surface area contributed by atoms with Gasteiger partial charge >= 0.3 is 0 Å². The van der Waals surface area contributed by atoms with Gasteiger partial charge in [0.15, 0.2) is 11.7 Å². The van der Waals surface area contributed by atoms with E-state index in [9.17, 15) is 14.3 Å². The number of aliphatic hydroxyl groups excluding tert-OH is 1. The Labute approximate surface area is 156 Å². The molecule has 1 saturated heterocycles. The zero-order valence-electron chi connectivity index (χ0n) is 14.7. The van der Waals surface area contributed by atoms with E-state index in [-0.39, 0.29) is 49.7 Å². The molecule has 3 atom stereocenters. The Morgan fingerprint density at radius 1 is 1.19 bits per heavy atom. The van der Waals surface area contributed by atoms with Gasteiger partial charge in [0.1, 0.15) is 11.4 Å². The summed E-state index contributed by atoms with van der Waals surface area (Å²) in [5.41, 5.74) is -0.0239. The van der Waals surface area contributed by atoms with Crippen molar-refractivity contribution in [1.82, 2.24) is 0 Å². The van der Waals surface area contributed by atoms with Crippen molar-refractivity contribution in [3.63, 3.8) is 0 Å². The number of aliphatic imine (C=N–C) groups is 1. The molecule has 2 aliphatic heterocycles. The van der Waals surface area contributed by atoms with Crippen molar-refractivity contribution in [2.45, 2.75) is 18.1 Å². The van der Waals surface area contributed by atoms with Crippen LogP contribution in [0.15, 0.2) is 59.6 Å². The monoisotopic (exact) mass is 369 g/mol. The van der Waals surface area contributed by atoms with Crippen LogP contribution in [-0.4, -0.2) is 42.7 Å². The third kappa shape index (κ3) is 3.15. The summed E-state index contributed by atoms with van der Waals surface area (Å²) in [5.74, 6) is -0.557. The Morgan fingerprint density at radius 3 is 2.67 bits per heavy atom. The lowest BCUT2D eigenvalue weighted by atomic mass is 9.77. The molecule has 4 rings (SSSR count). The Kier molecular flexibility index (Phi) is 4.76. The lowest BCUT2D eigenvalue weighted by Crippen LogP contribution is -2.44. The van der Waals surface area contributed by atoms with Crippen LogP contribution >= 0.6 is 0 Å². The fourth-order valence-corrected chi connectivity index (χ4v) is 3.85. The van der Waals surface area contributed by atoms with E-state index in [2.05, 4.69) is 4.99 Å². The van der Waals surface area contributed by atoms with Crippen molar-refractivity contribution in [2.75, 3.05) is 19.8 Å². The molecule has 0 bridgehead atoms. The van der Waals surface area contributed by atoms with E-state index in [0.717, 1.165) is 0 Å². The molecule has 5 nitrogen and oxygen atoms in total. The summed E-state index contributed by atoms with van der Waals surface area (Å²) >= 11 is 0. The van der Waals surface area contributed by atoms with Gasteiger partial charge in [-0.2, -0.15) is 0 Å².